The second-order valence-corrected chi connectivity index (χ2v) is 5.43. The van der Waals surface area contributed by atoms with E-state index in [1.807, 2.05) is 49.3 Å². The maximum Gasteiger partial charge on any atom is 0.254 e. The Balaban J connectivity index is 2.23. The average molecular weight is 287 g/mol. The molecule has 1 amide bonds. The van der Waals surface area contributed by atoms with E-state index < -0.39 is 0 Å². The van der Waals surface area contributed by atoms with Crippen LogP contribution in [0, 0.1) is 6.92 Å². The van der Waals surface area contributed by atoms with E-state index in [-0.39, 0.29) is 18.0 Å². The highest BCUT2D eigenvalue weighted by molar-refractivity contribution is 5.82. The average Bonchev–Trinajstić information content (AvgIpc) is 2.43. The van der Waals surface area contributed by atoms with Crippen molar-refractivity contribution in [2.75, 3.05) is 27.2 Å². The van der Waals surface area contributed by atoms with Crippen molar-refractivity contribution in [3.05, 3.63) is 46.2 Å². The van der Waals surface area contributed by atoms with Crippen LogP contribution in [0.25, 0.3) is 10.9 Å². The number of carbonyl (C=O) groups is 1. The van der Waals surface area contributed by atoms with Crippen LogP contribution in [-0.2, 0) is 11.3 Å². The number of pyridine rings is 1. The van der Waals surface area contributed by atoms with Crippen LogP contribution >= 0.6 is 0 Å². The van der Waals surface area contributed by atoms with E-state index in [0.29, 0.717) is 12.1 Å². The summed E-state index contributed by atoms with van der Waals surface area (Å²) in [5.41, 5.74) is 1.32. The Morgan fingerprint density at radius 2 is 2.00 bits per heavy atom. The van der Waals surface area contributed by atoms with Crippen molar-refractivity contribution in [3.8, 4) is 0 Å². The van der Waals surface area contributed by atoms with Gasteiger partial charge in [-0.1, -0.05) is 18.2 Å². The van der Waals surface area contributed by atoms with Crippen molar-refractivity contribution < 1.29 is 4.79 Å². The zero-order valence-electron chi connectivity index (χ0n) is 12.7. The first-order valence-corrected chi connectivity index (χ1v) is 6.99. The number of nitrogens with zero attached hydrogens (tertiary/aromatic N) is 2. The van der Waals surface area contributed by atoms with Crippen LogP contribution in [0.15, 0.2) is 35.1 Å². The van der Waals surface area contributed by atoms with Gasteiger partial charge in [0.2, 0.25) is 5.91 Å². The monoisotopic (exact) mass is 287 g/mol. The Morgan fingerprint density at radius 3 is 2.71 bits per heavy atom. The lowest BCUT2D eigenvalue weighted by atomic mass is 10.1. The van der Waals surface area contributed by atoms with Crippen LogP contribution in [0.2, 0.25) is 0 Å². The number of likely N-dealkylation sites (N-methyl/N-ethyl adjacent to an activating group) is 1. The molecule has 112 valence electrons. The summed E-state index contributed by atoms with van der Waals surface area (Å²) in [6.07, 6.45) is 0. The summed E-state index contributed by atoms with van der Waals surface area (Å²) in [6.45, 7) is 3.17. The molecule has 0 bridgehead atoms. The Hall–Kier alpha value is -2.14. The lowest BCUT2D eigenvalue weighted by molar-refractivity contribution is -0.121. The van der Waals surface area contributed by atoms with Crippen molar-refractivity contribution in [1.29, 1.82) is 0 Å². The van der Waals surface area contributed by atoms with Gasteiger partial charge in [0.25, 0.3) is 5.56 Å². The van der Waals surface area contributed by atoms with Crippen LogP contribution in [0.5, 0.6) is 0 Å². The first-order valence-electron chi connectivity index (χ1n) is 6.99. The van der Waals surface area contributed by atoms with Crippen molar-refractivity contribution in [2.24, 2.45) is 0 Å². The summed E-state index contributed by atoms with van der Waals surface area (Å²) < 4.78 is 1.54. The van der Waals surface area contributed by atoms with Gasteiger partial charge in [0, 0.05) is 18.7 Å². The molecule has 1 aromatic carbocycles. The molecule has 0 aliphatic carbocycles. The fraction of sp³-hybridized carbons (Fsp3) is 0.375. The van der Waals surface area contributed by atoms with E-state index in [1.54, 1.807) is 6.92 Å². The molecule has 0 spiro atoms. The van der Waals surface area contributed by atoms with Gasteiger partial charge in [-0.2, -0.15) is 0 Å². The summed E-state index contributed by atoms with van der Waals surface area (Å²) in [5, 5.41) is 3.80. The number of fused-ring (bicyclic) bond motifs is 1. The predicted octanol–water partition coefficient (Wildman–Crippen LogP) is 0.988. The van der Waals surface area contributed by atoms with Gasteiger partial charge < -0.3 is 10.2 Å². The summed E-state index contributed by atoms with van der Waals surface area (Å²) in [6, 6.07) is 9.47. The SMILES string of the molecule is Cc1cc2ccccc2n(CC(=O)NCCN(C)C)c1=O. The molecule has 0 aliphatic heterocycles. The number of amides is 1. The highest BCUT2D eigenvalue weighted by Crippen LogP contribution is 2.12. The number of aryl methyl sites for hydroxylation is 1. The number of hydrogen-bond donors (Lipinski definition) is 1. The highest BCUT2D eigenvalue weighted by atomic mass is 16.2. The standard InChI is InChI=1S/C16H21N3O2/c1-12-10-13-6-4-5-7-14(13)19(16(12)21)11-15(20)17-8-9-18(2)3/h4-7,10H,8-9,11H2,1-3H3,(H,17,20). The van der Waals surface area contributed by atoms with Crippen molar-refractivity contribution in [3.63, 3.8) is 0 Å². The lowest BCUT2D eigenvalue weighted by Crippen LogP contribution is -2.36. The van der Waals surface area contributed by atoms with Crippen LogP contribution in [-0.4, -0.2) is 42.6 Å². The van der Waals surface area contributed by atoms with Crippen molar-refractivity contribution in [2.45, 2.75) is 13.5 Å². The van der Waals surface area contributed by atoms with Gasteiger partial charge in [0.1, 0.15) is 6.54 Å². The molecule has 0 atom stereocenters. The fourth-order valence-corrected chi connectivity index (χ4v) is 2.25. The Bertz CT molecular complexity index is 704. The third-order valence-corrected chi connectivity index (χ3v) is 3.36. The molecule has 5 nitrogen and oxygen atoms in total. The van der Waals surface area contributed by atoms with Crippen LogP contribution in [0.1, 0.15) is 5.56 Å². The smallest absolute Gasteiger partial charge is 0.254 e. The van der Waals surface area contributed by atoms with Gasteiger partial charge in [-0.25, -0.2) is 0 Å². The van der Waals surface area contributed by atoms with Crippen molar-refractivity contribution >= 4 is 16.8 Å². The summed E-state index contributed by atoms with van der Waals surface area (Å²) >= 11 is 0. The molecule has 0 saturated carbocycles. The third-order valence-electron chi connectivity index (χ3n) is 3.36. The van der Waals surface area contributed by atoms with Gasteiger partial charge in [-0.3, -0.25) is 14.2 Å². The topological polar surface area (TPSA) is 54.3 Å². The molecular weight excluding hydrogens is 266 g/mol. The Labute approximate surface area is 124 Å². The predicted molar refractivity (Wildman–Crippen MR) is 84.5 cm³/mol. The van der Waals surface area contributed by atoms with E-state index in [2.05, 4.69) is 5.32 Å². The molecule has 0 fully saturated rings. The molecule has 1 N–H and O–H groups in total. The zero-order chi connectivity index (χ0) is 15.4. The minimum atomic E-state index is -0.144. The molecule has 5 heteroatoms. The minimum Gasteiger partial charge on any atom is -0.353 e. The van der Waals surface area contributed by atoms with Crippen LogP contribution in [0.3, 0.4) is 0 Å². The lowest BCUT2D eigenvalue weighted by Gasteiger charge is -2.13. The van der Waals surface area contributed by atoms with Crippen LogP contribution in [0.4, 0.5) is 0 Å². The number of rotatable bonds is 5. The highest BCUT2D eigenvalue weighted by Gasteiger charge is 2.10. The number of benzene rings is 1. The number of nitrogens with one attached hydrogen (secondary N) is 1. The maximum absolute atomic E-state index is 12.3. The van der Waals surface area contributed by atoms with E-state index in [1.165, 1.54) is 4.57 Å². The molecule has 0 unspecified atom stereocenters. The number of para-hydroxylation sites is 1. The molecule has 0 saturated heterocycles. The minimum absolute atomic E-state index is 0.0501. The molecule has 1 aromatic heterocycles. The summed E-state index contributed by atoms with van der Waals surface area (Å²) in [4.78, 5) is 26.3. The third kappa shape index (κ3) is 3.70. The Morgan fingerprint density at radius 1 is 1.29 bits per heavy atom. The molecule has 2 aromatic rings. The van der Waals surface area contributed by atoms with Gasteiger partial charge >= 0.3 is 0 Å². The normalized spacial score (nSPS) is 11.0. The molecule has 2 rings (SSSR count). The van der Waals surface area contributed by atoms with Gasteiger partial charge in [0.05, 0.1) is 5.52 Å². The quantitative estimate of drug-likeness (QED) is 0.892. The second kappa shape index (κ2) is 6.54. The molecule has 21 heavy (non-hydrogen) atoms. The molecule has 0 aliphatic rings. The second-order valence-electron chi connectivity index (χ2n) is 5.43. The largest absolute Gasteiger partial charge is 0.353 e. The molecule has 0 radical (unpaired) electrons. The van der Waals surface area contributed by atoms with E-state index in [4.69, 9.17) is 0 Å². The van der Waals surface area contributed by atoms with E-state index in [9.17, 15) is 9.59 Å². The van der Waals surface area contributed by atoms with Crippen LogP contribution < -0.4 is 10.9 Å². The number of carbonyl (C=O) groups excluding carboxylic acids is 1. The molecule has 1 heterocycles. The van der Waals surface area contributed by atoms with Gasteiger partial charge in [-0.05, 0) is 38.5 Å². The number of hydrogen-bond acceptors (Lipinski definition) is 3. The van der Waals surface area contributed by atoms with E-state index in [0.717, 1.165) is 17.4 Å². The maximum atomic E-state index is 12.3. The van der Waals surface area contributed by atoms with Crippen molar-refractivity contribution in [1.82, 2.24) is 14.8 Å². The Kier molecular flexibility index (Phi) is 4.75. The summed E-state index contributed by atoms with van der Waals surface area (Å²) in [7, 11) is 3.90. The van der Waals surface area contributed by atoms with Gasteiger partial charge in [0.15, 0.2) is 0 Å². The van der Waals surface area contributed by atoms with E-state index >= 15 is 0 Å². The first-order chi connectivity index (χ1) is 9.99. The first kappa shape index (κ1) is 15.3. The summed E-state index contributed by atoms with van der Waals surface area (Å²) in [5.74, 6) is -0.144. The fourth-order valence-electron chi connectivity index (χ4n) is 2.25. The molecular formula is C16H21N3O2. The number of aromatic nitrogens is 1. The van der Waals surface area contributed by atoms with Gasteiger partial charge in [-0.15, -0.1) is 0 Å². The zero-order valence-corrected chi connectivity index (χ0v) is 12.7.